The molecule has 3 nitrogen and oxygen atoms in total. The lowest BCUT2D eigenvalue weighted by Crippen LogP contribution is -2.34. The molecule has 2 N–H and O–H groups in total. The summed E-state index contributed by atoms with van der Waals surface area (Å²) < 4.78 is 5.79. The van der Waals surface area contributed by atoms with Crippen molar-refractivity contribution >= 4 is 0 Å². The minimum atomic E-state index is -0.717. The Kier molecular flexibility index (Phi) is 6.16. The summed E-state index contributed by atoms with van der Waals surface area (Å²) in [6.45, 7) is 8.12. The molecule has 1 aromatic carbocycles. The number of rotatable bonds is 8. The average Bonchev–Trinajstić information content (AvgIpc) is 2.43. The highest BCUT2D eigenvalue weighted by atomic mass is 16.5. The van der Waals surface area contributed by atoms with Crippen molar-refractivity contribution in [1.29, 1.82) is 0 Å². The monoisotopic (exact) mass is 251 g/mol. The van der Waals surface area contributed by atoms with E-state index in [1.54, 1.807) is 0 Å². The van der Waals surface area contributed by atoms with Crippen molar-refractivity contribution in [3.63, 3.8) is 0 Å². The Bertz CT molecular complexity index is 348. The fourth-order valence-electron chi connectivity index (χ4n) is 1.72. The van der Waals surface area contributed by atoms with Gasteiger partial charge in [-0.15, -0.1) is 0 Å². The second-order valence-corrected chi connectivity index (χ2v) is 4.61. The van der Waals surface area contributed by atoms with Gasteiger partial charge in [-0.3, -0.25) is 0 Å². The van der Waals surface area contributed by atoms with Crippen molar-refractivity contribution < 1.29 is 9.84 Å². The molecule has 0 bridgehead atoms. The molecule has 0 aromatic heterocycles. The fraction of sp³-hybridized carbons (Fsp3) is 0.600. The molecule has 0 radical (unpaired) electrons. The number of ether oxygens (including phenoxy) is 1. The van der Waals surface area contributed by atoms with Gasteiger partial charge in [0.1, 0.15) is 12.4 Å². The molecule has 3 heteroatoms. The lowest BCUT2D eigenvalue weighted by Gasteiger charge is -2.25. The predicted octanol–water partition coefficient (Wildman–Crippen LogP) is 2.73. The number of hydrogen-bond acceptors (Lipinski definition) is 3. The molecule has 0 aliphatic carbocycles. The second-order valence-electron chi connectivity index (χ2n) is 4.61. The molecule has 0 aliphatic rings. The van der Waals surface area contributed by atoms with Crippen LogP contribution in [0.25, 0.3) is 0 Å². The number of hydrogen-bond donors (Lipinski definition) is 2. The van der Waals surface area contributed by atoms with E-state index in [9.17, 15) is 5.11 Å². The first-order chi connectivity index (χ1) is 8.65. The standard InChI is InChI=1S/C15H25NO2/c1-4-15(17,5-2)12-18-14-10-8-7-9-13(14)11-16-6-3/h7-10,16-17H,4-6,11-12H2,1-3H3. The van der Waals surface area contributed by atoms with Crippen LogP contribution in [0, 0.1) is 0 Å². The van der Waals surface area contributed by atoms with Crippen LogP contribution >= 0.6 is 0 Å². The molecule has 102 valence electrons. The summed E-state index contributed by atoms with van der Waals surface area (Å²) in [5.41, 5.74) is 0.416. The second kappa shape index (κ2) is 7.39. The molecule has 0 heterocycles. The van der Waals surface area contributed by atoms with Gasteiger partial charge < -0.3 is 15.2 Å². The van der Waals surface area contributed by atoms with Crippen LogP contribution in [0.4, 0.5) is 0 Å². The molecule has 0 saturated heterocycles. The highest BCUT2D eigenvalue weighted by molar-refractivity contribution is 5.33. The highest BCUT2D eigenvalue weighted by Crippen LogP contribution is 2.21. The van der Waals surface area contributed by atoms with Gasteiger partial charge in [-0.1, -0.05) is 39.0 Å². The normalized spacial score (nSPS) is 11.6. The van der Waals surface area contributed by atoms with Gasteiger partial charge in [0.15, 0.2) is 0 Å². The minimum absolute atomic E-state index is 0.350. The first-order valence-electron chi connectivity index (χ1n) is 6.79. The highest BCUT2D eigenvalue weighted by Gasteiger charge is 2.23. The van der Waals surface area contributed by atoms with E-state index in [0.29, 0.717) is 19.4 Å². The van der Waals surface area contributed by atoms with Crippen LogP contribution in [0.5, 0.6) is 5.75 Å². The van der Waals surface area contributed by atoms with Crippen molar-refractivity contribution in [2.75, 3.05) is 13.2 Å². The fourth-order valence-corrected chi connectivity index (χ4v) is 1.72. The molecule has 0 aliphatic heterocycles. The van der Waals surface area contributed by atoms with E-state index < -0.39 is 5.60 Å². The van der Waals surface area contributed by atoms with Crippen LogP contribution < -0.4 is 10.1 Å². The number of para-hydroxylation sites is 1. The van der Waals surface area contributed by atoms with E-state index in [1.165, 1.54) is 0 Å². The summed E-state index contributed by atoms with van der Waals surface area (Å²) >= 11 is 0. The molecule has 0 fully saturated rings. The molecular weight excluding hydrogens is 226 g/mol. The van der Waals surface area contributed by atoms with E-state index in [-0.39, 0.29) is 0 Å². The summed E-state index contributed by atoms with van der Waals surface area (Å²) in [4.78, 5) is 0. The van der Waals surface area contributed by atoms with Crippen molar-refractivity contribution in [2.45, 2.75) is 45.8 Å². The molecular formula is C15H25NO2. The van der Waals surface area contributed by atoms with Crippen molar-refractivity contribution in [3.05, 3.63) is 29.8 Å². The zero-order valence-electron chi connectivity index (χ0n) is 11.7. The van der Waals surface area contributed by atoms with Gasteiger partial charge in [0.25, 0.3) is 0 Å². The van der Waals surface area contributed by atoms with Gasteiger partial charge in [0.2, 0.25) is 0 Å². The number of nitrogens with one attached hydrogen (secondary N) is 1. The van der Waals surface area contributed by atoms with Crippen LogP contribution in [-0.2, 0) is 6.54 Å². The first-order valence-corrected chi connectivity index (χ1v) is 6.79. The molecule has 0 atom stereocenters. The third-order valence-corrected chi connectivity index (χ3v) is 3.35. The Morgan fingerprint density at radius 3 is 2.44 bits per heavy atom. The van der Waals surface area contributed by atoms with E-state index in [4.69, 9.17) is 4.74 Å². The van der Waals surface area contributed by atoms with Crippen LogP contribution in [0.3, 0.4) is 0 Å². The maximum Gasteiger partial charge on any atom is 0.123 e. The average molecular weight is 251 g/mol. The first kappa shape index (κ1) is 15.0. The van der Waals surface area contributed by atoms with Gasteiger partial charge >= 0.3 is 0 Å². The van der Waals surface area contributed by atoms with Gasteiger partial charge in [-0.25, -0.2) is 0 Å². The maximum atomic E-state index is 10.2. The third-order valence-electron chi connectivity index (χ3n) is 3.35. The zero-order valence-corrected chi connectivity index (χ0v) is 11.7. The molecule has 1 rings (SSSR count). The van der Waals surface area contributed by atoms with Crippen molar-refractivity contribution in [2.24, 2.45) is 0 Å². The predicted molar refractivity (Wildman–Crippen MR) is 74.8 cm³/mol. The van der Waals surface area contributed by atoms with Crippen LogP contribution in [-0.4, -0.2) is 23.9 Å². The number of aliphatic hydroxyl groups is 1. The third kappa shape index (κ3) is 4.31. The lowest BCUT2D eigenvalue weighted by atomic mass is 9.99. The zero-order chi connectivity index (χ0) is 13.4. The van der Waals surface area contributed by atoms with Gasteiger partial charge in [-0.2, -0.15) is 0 Å². The summed E-state index contributed by atoms with van der Waals surface area (Å²) in [7, 11) is 0. The van der Waals surface area contributed by atoms with Gasteiger partial charge in [0, 0.05) is 12.1 Å². The lowest BCUT2D eigenvalue weighted by molar-refractivity contribution is -0.0116. The Hall–Kier alpha value is -1.06. The molecule has 1 aromatic rings. The largest absolute Gasteiger partial charge is 0.490 e. The molecule has 18 heavy (non-hydrogen) atoms. The molecule has 0 amide bonds. The molecule has 0 saturated carbocycles. The molecule has 0 spiro atoms. The smallest absolute Gasteiger partial charge is 0.123 e. The van der Waals surface area contributed by atoms with Crippen LogP contribution in [0.2, 0.25) is 0 Å². The summed E-state index contributed by atoms with van der Waals surface area (Å²) in [5, 5.41) is 13.5. The van der Waals surface area contributed by atoms with E-state index >= 15 is 0 Å². The van der Waals surface area contributed by atoms with E-state index in [1.807, 2.05) is 32.0 Å². The topological polar surface area (TPSA) is 41.5 Å². The van der Waals surface area contributed by atoms with Gasteiger partial charge in [0.05, 0.1) is 5.60 Å². The van der Waals surface area contributed by atoms with Crippen LogP contribution in [0.15, 0.2) is 24.3 Å². The van der Waals surface area contributed by atoms with E-state index in [2.05, 4.69) is 18.3 Å². The van der Waals surface area contributed by atoms with Crippen molar-refractivity contribution in [3.8, 4) is 5.75 Å². The maximum absolute atomic E-state index is 10.2. The number of benzene rings is 1. The Balaban J connectivity index is 2.66. The molecule has 0 unspecified atom stereocenters. The quantitative estimate of drug-likeness (QED) is 0.746. The van der Waals surface area contributed by atoms with E-state index in [0.717, 1.165) is 24.4 Å². The Morgan fingerprint density at radius 2 is 1.83 bits per heavy atom. The Morgan fingerprint density at radius 1 is 1.17 bits per heavy atom. The summed E-state index contributed by atoms with van der Waals surface area (Å²) in [6, 6.07) is 7.97. The summed E-state index contributed by atoms with van der Waals surface area (Å²) in [6.07, 6.45) is 1.41. The van der Waals surface area contributed by atoms with Crippen molar-refractivity contribution in [1.82, 2.24) is 5.32 Å². The SMILES string of the molecule is CCNCc1ccccc1OCC(O)(CC)CC. The Labute approximate surface area is 110 Å². The summed E-state index contributed by atoms with van der Waals surface area (Å²) in [5.74, 6) is 0.860. The van der Waals surface area contributed by atoms with Crippen LogP contribution in [0.1, 0.15) is 39.2 Å². The van der Waals surface area contributed by atoms with Gasteiger partial charge in [-0.05, 0) is 25.5 Å². The minimum Gasteiger partial charge on any atom is -0.490 e.